The van der Waals surface area contributed by atoms with Gasteiger partial charge < -0.3 is 14.8 Å². The molecule has 1 aliphatic carbocycles. The van der Waals surface area contributed by atoms with Gasteiger partial charge in [0, 0.05) is 17.2 Å². The summed E-state index contributed by atoms with van der Waals surface area (Å²) >= 11 is 0. The van der Waals surface area contributed by atoms with E-state index in [2.05, 4.69) is 17.6 Å². The van der Waals surface area contributed by atoms with Crippen LogP contribution in [-0.4, -0.2) is 42.8 Å². The highest BCUT2D eigenvalue weighted by Crippen LogP contribution is 2.41. The Morgan fingerprint density at radius 2 is 1.71 bits per heavy atom. The third kappa shape index (κ3) is 9.10. The van der Waals surface area contributed by atoms with Crippen LogP contribution in [0.25, 0.3) is 0 Å². The average Bonchev–Trinajstić information content (AvgIpc) is 3.50. The fourth-order valence-electron chi connectivity index (χ4n) is 4.62. The van der Waals surface area contributed by atoms with Gasteiger partial charge in [0.15, 0.2) is 11.6 Å². The molecule has 0 radical (unpaired) electrons. The van der Waals surface area contributed by atoms with E-state index in [0.29, 0.717) is 30.9 Å². The van der Waals surface area contributed by atoms with Gasteiger partial charge in [-0.2, -0.15) is 0 Å². The van der Waals surface area contributed by atoms with Gasteiger partial charge in [-0.05, 0) is 61.4 Å². The first-order valence-corrected chi connectivity index (χ1v) is 13.1. The zero-order valence-electron chi connectivity index (χ0n) is 22.5. The number of amides is 2. The maximum atomic E-state index is 12.7. The Bertz CT molecular complexity index is 1090. The molecule has 4 rings (SSSR count). The molecule has 0 aromatic heterocycles. The highest BCUT2D eigenvalue weighted by molar-refractivity contribution is 5.98. The van der Waals surface area contributed by atoms with Crippen LogP contribution in [0.3, 0.4) is 0 Å². The molecule has 1 saturated carbocycles. The summed E-state index contributed by atoms with van der Waals surface area (Å²) in [5.74, 6) is 0.0703. The van der Waals surface area contributed by atoms with Crippen LogP contribution in [0.4, 0.5) is 10.5 Å². The highest BCUT2D eigenvalue weighted by atomic mass is 16.5. The first-order valence-electron chi connectivity index (χ1n) is 13.1. The number of ether oxygens (including phenoxy) is 2. The second-order valence-electron chi connectivity index (χ2n) is 10.5. The van der Waals surface area contributed by atoms with Gasteiger partial charge in [0.1, 0.15) is 13.2 Å². The Hall–Kier alpha value is -3.52. The third-order valence-corrected chi connectivity index (χ3v) is 7.07. The lowest BCUT2D eigenvalue weighted by Crippen LogP contribution is -2.42. The SMILES string of the molecule is CC(=O)[C@H](CC1(C)CCCC1)NC(=O)c1ccc(NC(=O)OCc2ccccc2)cc1.C[C@H]1COCC1=O. The van der Waals surface area contributed by atoms with E-state index in [0.717, 1.165) is 18.4 Å². The Balaban J connectivity index is 0.000000494. The van der Waals surface area contributed by atoms with Gasteiger partial charge in [0.2, 0.25) is 0 Å². The number of hydrogen-bond donors (Lipinski definition) is 2. The lowest BCUT2D eigenvalue weighted by molar-refractivity contribution is -0.120. The van der Waals surface area contributed by atoms with Gasteiger partial charge in [-0.25, -0.2) is 4.79 Å². The van der Waals surface area contributed by atoms with Crippen LogP contribution in [0, 0.1) is 11.3 Å². The first-order chi connectivity index (χ1) is 18.1. The van der Waals surface area contributed by atoms with E-state index in [1.165, 1.54) is 19.8 Å². The Morgan fingerprint density at radius 3 is 2.24 bits per heavy atom. The van der Waals surface area contributed by atoms with Crippen molar-refractivity contribution in [2.24, 2.45) is 11.3 Å². The van der Waals surface area contributed by atoms with E-state index in [9.17, 15) is 19.2 Å². The Morgan fingerprint density at radius 1 is 1.05 bits per heavy atom. The molecule has 2 amide bonds. The van der Waals surface area contributed by atoms with E-state index in [1.54, 1.807) is 24.3 Å². The molecule has 1 saturated heterocycles. The normalized spacial score (nSPS) is 18.6. The Kier molecular flexibility index (Phi) is 10.6. The molecular formula is C30H38N2O6. The smallest absolute Gasteiger partial charge is 0.411 e. The number of hydrogen-bond acceptors (Lipinski definition) is 6. The molecule has 0 spiro atoms. The van der Waals surface area contributed by atoms with Gasteiger partial charge in [-0.1, -0.05) is 57.0 Å². The monoisotopic (exact) mass is 522 g/mol. The van der Waals surface area contributed by atoms with Crippen LogP contribution >= 0.6 is 0 Å². The van der Waals surface area contributed by atoms with Crippen LogP contribution in [0.15, 0.2) is 54.6 Å². The molecule has 2 N–H and O–H groups in total. The van der Waals surface area contributed by atoms with Gasteiger partial charge in [0.25, 0.3) is 5.91 Å². The number of benzene rings is 2. The topological polar surface area (TPSA) is 111 Å². The molecule has 2 aliphatic rings. The van der Waals surface area contributed by atoms with E-state index in [-0.39, 0.29) is 35.4 Å². The van der Waals surface area contributed by atoms with Crippen molar-refractivity contribution in [1.29, 1.82) is 0 Å². The van der Waals surface area contributed by atoms with Crippen LogP contribution in [0.5, 0.6) is 0 Å². The number of ketones is 2. The average molecular weight is 523 g/mol. The van der Waals surface area contributed by atoms with E-state index < -0.39 is 12.1 Å². The predicted molar refractivity (Wildman–Crippen MR) is 145 cm³/mol. The molecule has 38 heavy (non-hydrogen) atoms. The van der Waals surface area contributed by atoms with E-state index in [4.69, 9.17) is 9.47 Å². The summed E-state index contributed by atoms with van der Waals surface area (Å²) < 4.78 is 10.0. The van der Waals surface area contributed by atoms with Crippen molar-refractivity contribution in [3.05, 3.63) is 65.7 Å². The minimum atomic E-state index is -0.567. The molecule has 2 aromatic carbocycles. The van der Waals surface area contributed by atoms with Gasteiger partial charge in [0.05, 0.1) is 12.6 Å². The summed E-state index contributed by atoms with van der Waals surface area (Å²) in [5.41, 5.74) is 1.97. The summed E-state index contributed by atoms with van der Waals surface area (Å²) in [6, 6.07) is 15.4. The second-order valence-corrected chi connectivity index (χ2v) is 10.5. The zero-order chi connectivity index (χ0) is 27.5. The molecule has 1 aliphatic heterocycles. The van der Waals surface area contributed by atoms with Crippen molar-refractivity contribution in [3.8, 4) is 0 Å². The number of rotatable bonds is 8. The van der Waals surface area contributed by atoms with Crippen molar-refractivity contribution >= 4 is 29.3 Å². The fourth-order valence-corrected chi connectivity index (χ4v) is 4.62. The molecule has 0 bridgehead atoms. The van der Waals surface area contributed by atoms with Crippen molar-refractivity contribution in [1.82, 2.24) is 5.32 Å². The summed E-state index contributed by atoms with van der Waals surface area (Å²) in [4.78, 5) is 47.2. The minimum absolute atomic E-state index is 0.0269. The largest absolute Gasteiger partial charge is 0.444 e. The van der Waals surface area contributed by atoms with Crippen LogP contribution < -0.4 is 10.6 Å². The number of Topliss-reactive ketones (excluding diaryl/α,β-unsaturated/α-hetero) is 2. The standard InChI is InChI=1S/C25H30N2O4.C5H8O2/c1-18(28)22(16-25(2)14-6-7-15-25)27-23(29)20-10-12-21(13-11-20)26-24(30)31-17-19-8-4-3-5-9-19;1-4-2-7-3-5(4)6/h3-5,8-13,22H,6-7,14-17H2,1-2H3,(H,26,30)(H,27,29);4H,2-3H2,1H3/t22-;4-/m00/s1. The van der Waals surface area contributed by atoms with Crippen LogP contribution in [0.2, 0.25) is 0 Å². The number of nitrogens with one attached hydrogen (secondary N) is 2. The molecule has 8 nitrogen and oxygen atoms in total. The van der Waals surface area contributed by atoms with Crippen molar-refractivity contribution in [2.45, 2.75) is 65.5 Å². The molecule has 2 aromatic rings. The molecule has 2 atom stereocenters. The maximum Gasteiger partial charge on any atom is 0.411 e. The zero-order valence-corrected chi connectivity index (χ0v) is 22.5. The molecule has 0 unspecified atom stereocenters. The van der Waals surface area contributed by atoms with E-state index in [1.807, 2.05) is 37.3 Å². The molecular weight excluding hydrogens is 484 g/mol. The van der Waals surface area contributed by atoms with Gasteiger partial charge >= 0.3 is 6.09 Å². The third-order valence-electron chi connectivity index (χ3n) is 7.07. The number of carbonyl (C=O) groups excluding carboxylic acids is 4. The molecule has 204 valence electrons. The van der Waals surface area contributed by atoms with Crippen molar-refractivity contribution < 1.29 is 28.7 Å². The quantitative estimate of drug-likeness (QED) is 0.486. The molecule has 8 heteroatoms. The maximum absolute atomic E-state index is 12.7. The van der Waals surface area contributed by atoms with Crippen molar-refractivity contribution in [3.63, 3.8) is 0 Å². The lowest BCUT2D eigenvalue weighted by atomic mass is 9.81. The fraction of sp³-hybridized carbons (Fsp3) is 0.467. The summed E-state index contributed by atoms with van der Waals surface area (Å²) in [6.45, 7) is 6.74. The second kappa shape index (κ2) is 13.9. The molecule has 2 fully saturated rings. The van der Waals surface area contributed by atoms with Crippen LogP contribution in [0.1, 0.15) is 68.8 Å². The van der Waals surface area contributed by atoms with E-state index >= 15 is 0 Å². The van der Waals surface area contributed by atoms with Crippen molar-refractivity contribution in [2.75, 3.05) is 18.5 Å². The number of anilines is 1. The first kappa shape index (κ1) is 29.0. The summed E-state index contributed by atoms with van der Waals surface area (Å²) in [6.07, 6.45) is 4.64. The predicted octanol–water partition coefficient (Wildman–Crippen LogP) is 5.31. The van der Waals surface area contributed by atoms with Gasteiger partial charge in [-0.3, -0.25) is 19.7 Å². The lowest BCUT2D eigenvalue weighted by Gasteiger charge is -2.28. The molecule has 1 heterocycles. The minimum Gasteiger partial charge on any atom is -0.444 e. The Labute approximate surface area is 224 Å². The summed E-state index contributed by atoms with van der Waals surface area (Å²) in [5, 5.41) is 5.53. The summed E-state index contributed by atoms with van der Waals surface area (Å²) in [7, 11) is 0. The van der Waals surface area contributed by atoms with Gasteiger partial charge in [-0.15, -0.1) is 0 Å². The number of carbonyl (C=O) groups is 4. The highest BCUT2D eigenvalue weighted by Gasteiger charge is 2.33. The van der Waals surface area contributed by atoms with Crippen LogP contribution in [-0.2, 0) is 25.7 Å².